The lowest BCUT2D eigenvalue weighted by atomic mass is 9.91. The molecule has 204 valence electrons. The number of hydrogen-bond donors (Lipinski definition) is 1. The number of phenolic OH excluding ortho intramolecular Hbond substituents is 1. The summed E-state index contributed by atoms with van der Waals surface area (Å²) in [5, 5.41) is 10.0. The normalized spacial score (nSPS) is 16.8. The molecule has 1 N–H and O–H groups in total. The van der Waals surface area contributed by atoms with Crippen LogP contribution < -0.4 is 28.4 Å². The van der Waals surface area contributed by atoms with Crippen molar-refractivity contribution in [3.05, 3.63) is 64.7 Å². The lowest BCUT2D eigenvalue weighted by Crippen LogP contribution is -2.11. The highest BCUT2D eigenvalue weighted by Gasteiger charge is 2.36. The molecular weight excluding hydrogens is 484 g/mol. The van der Waals surface area contributed by atoms with Gasteiger partial charge in [0.25, 0.3) is 0 Å². The molecule has 7 nitrogen and oxygen atoms in total. The second-order valence-corrected chi connectivity index (χ2v) is 9.49. The van der Waals surface area contributed by atoms with Gasteiger partial charge in [0.05, 0.1) is 28.4 Å². The topological polar surface area (TPSA) is 75.6 Å². The highest BCUT2D eigenvalue weighted by molar-refractivity contribution is 5.58. The summed E-state index contributed by atoms with van der Waals surface area (Å²) in [5.74, 6) is 3.72. The minimum atomic E-state index is -0.315. The molecule has 0 aliphatic carbocycles. The van der Waals surface area contributed by atoms with Crippen LogP contribution in [0.3, 0.4) is 0 Å². The number of benzene rings is 3. The molecule has 3 aromatic carbocycles. The van der Waals surface area contributed by atoms with Gasteiger partial charge >= 0.3 is 0 Å². The molecule has 0 fully saturated rings. The number of ether oxygens (including phenoxy) is 6. The van der Waals surface area contributed by atoms with E-state index < -0.39 is 0 Å². The van der Waals surface area contributed by atoms with Crippen molar-refractivity contribution in [3.63, 3.8) is 0 Å². The van der Waals surface area contributed by atoms with Gasteiger partial charge in [-0.05, 0) is 54.3 Å². The van der Waals surface area contributed by atoms with E-state index in [1.54, 1.807) is 33.5 Å². The van der Waals surface area contributed by atoms with Crippen LogP contribution in [0, 0.1) is 0 Å². The molecule has 0 radical (unpaired) electrons. The fourth-order valence-electron chi connectivity index (χ4n) is 5.09. The molecular formula is C31H38O7. The van der Waals surface area contributed by atoms with E-state index in [0.29, 0.717) is 29.4 Å². The smallest absolute Gasteiger partial charge is 0.204 e. The molecule has 1 aliphatic rings. The summed E-state index contributed by atoms with van der Waals surface area (Å²) in [5.41, 5.74) is 4.18. The first-order valence-electron chi connectivity index (χ1n) is 13.1. The summed E-state index contributed by atoms with van der Waals surface area (Å²) in [6.45, 7) is 6.37. The quantitative estimate of drug-likeness (QED) is 0.287. The van der Waals surface area contributed by atoms with E-state index in [0.717, 1.165) is 41.0 Å². The number of hydrogen-bond acceptors (Lipinski definition) is 7. The summed E-state index contributed by atoms with van der Waals surface area (Å²) in [6, 6.07) is 13.4. The van der Waals surface area contributed by atoms with Gasteiger partial charge in [-0.1, -0.05) is 39.3 Å². The van der Waals surface area contributed by atoms with Crippen LogP contribution in [-0.4, -0.2) is 33.5 Å². The molecule has 4 rings (SSSR count). The van der Waals surface area contributed by atoms with Gasteiger partial charge in [-0.2, -0.15) is 0 Å². The van der Waals surface area contributed by atoms with Crippen molar-refractivity contribution in [3.8, 4) is 40.2 Å². The molecule has 0 saturated carbocycles. The molecule has 1 aliphatic heterocycles. The highest BCUT2D eigenvalue weighted by atomic mass is 16.5. The van der Waals surface area contributed by atoms with Crippen LogP contribution in [0.4, 0.5) is 0 Å². The Morgan fingerprint density at radius 3 is 2.08 bits per heavy atom. The zero-order valence-corrected chi connectivity index (χ0v) is 23.3. The lowest BCUT2D eigenvalue weighted by molar-refractivity contribution is 0.181. The van der Waals surface area contributed by atoms with Crippen molar-refractivity contribution in [1.82, 2.24) is 0 Å². The van der Waals surface area contributed by atoms with E-state index in [4.69, 9.17) is 28.4 Å². The van der Waals surface area contributed by atoms with Gasteiger partial charge in [0, 0.05) is 17.0 Å². The maximum Gasteiger partial charge on any atom is 0.204 e. The van der Waals surface area contributed by atoms with Crippen molar-refractivity contribution in [2.75, 3.05) is 28.4 Å². The largest absolute Gasteiger partial charge is 0.504 e. The number of rotatable bonds is 11. The summed E-state index contributed by atoms with van der Waals surface area (Å²) in [6.07, 6.45) is 2.17. The van der Waals surface area contributed by atoms with Gasteiger partial charge in [-0.15, -0.1) is 0 Å². The number of phenols is 1. The third-order valence-corrected chi connectivity index (χ3v) is 7.11. The standard InChI is InChI=1S/C31H38O7/c1-8-10-19-13-22-18(3)29(38-30(22)26(14-19)34-5)21-16-27(35-6)31(28(17-21)36-7)37-24(9-2)20-11-12-23(32)25(15-20)33-4/h11-18,24,29,32H,8-10H2,1-7H3. The van der Waals surface area contributed by atoms with Gasteiger partial charge in [0.1, 0.15) is 12.2 Å². The fraction of sp³-hybridized carbons (Fsp3) is 0.419. The van der Waals surface area contributed by atoms with E-state index in [1.165, 1.54) is 12.7 Å². The van der Waals surface area contributed by atoms with Crippen molar-refractivity contribution < 1.29 is 33.5 Å². The van der Waals surface area contributed by atoms with E-state index in [-0.39, 0.29) is 23.9 Å². The van der Waals surface area contributed by atoms with Crippen LogP contribution in [-0.2, 0) is 6.42 Å². The number of aryl methyl sites for hydroxylation is 1. The summed E-state index contributed by atoms with van der Waals surface area (Å²) in [4.78, 5) is 0. The Kier molecular flexibility index (Phi) is 8.45. The Bertz CT molecular complexity index is 1240. The molecule has 7 heteroatoms. The van der Waals surface area contributed by atoms with Crippen molar-refractivity contribution in [2.24, 2.45) is 0 Å². The number of fused-ring (bicyclic) bond motifs is 1. The zero-order valence-electron chi connectivity index (χ0n) is 23.3. The number of methoxy groups -OCH3 is 4. The molecule has 0 saturated heterocycles. The van der Waals surface area contributed by atoms with Gasteiger partial charge < -0.3 is 33.5 Å². The molecule has 3 unspecified atom stereocenters. The maximum absolute atomic E-state index is 10.0. The van der Waals surface area contributed by atoms with Crippen LogP contribution in [0.25, 0.3) is 0 Å². The van der Waals surface area contributed by atoms with Crippen molar-refractivity contribution in [2.45, 2.75) is 58.2 Å². The van der Waals surface area contributed by atoms with E-state index in [2.05, 4.69) is 26.0 Å². The number of aromatic hydroxyl groups is 1. The van der Waals surface area contributed by atoms with E-state index in [1.807, 2.05) is 25.1 Å². The maximum atomic E-state index is 10.0. The Labute approximate surface area is 225 Å². The summed E-state index contributed by atoms with van der Waals surface area (Å²) in [7, 11) is 6.43. The van der Waals surface area contributed by atoms with Gasteiger partial charge in [0.2, 0.25) is 5.75 Å². The lowest BCUT2D eigenvalue weighted by Gasteiger charge is -2.24. The van der Waals surface area contributed by atoms with Crippen molar-refractivity contribution >= 4 is 0 Å². The predicted molar refractivity (Wildman–Crippen MR) is 147 cm³/mol. The Morgan fingerprint density at radius 1 is 0.842 bits per heavy atom. The van der Waals surface area contributed by atoms with Crippen LogP contribution in [0.2, 0.25) is 0 Å². The van der Waals surface area contributed by atoms with Crippen LogP contribution in [0.15, 0.2) is 42.5 Å². The Morgan fingerprint density at radius 2 is 1.50 bits per heavy atom. The van der Waals surface area contributed by atoms with Gasteiger partial charge in [-0.25, -0.2) is 0 Å². The zero-order chi connectivity index (χ0) is 27.4. The Balaban J connectivity index is 1.69. The van der Waals surface area contributed by atoms with Crippen LogP contribution in [0.5, 0.6) is 40.2 Å². The van der Waals surface area contributed by atoms with E-state index in [9.17, 15) is 5.11 Å². The van der Waals surface area contributed by atoms with Gasteiger partial charge in [-0.3, -0.25) is 0 Å². The molecule has 0 bridgehead atoms. The third-order valence-electron chi connectivity index (χ3n) is 7.11. The third kappa shape index (κ3) is 5.15. The monoisotopic (exact) mass is 522 g/mol. The molecule has 0 aromatic heterocycles. The molecule has 38 heavy (non-hydrogen) atoms. The minimum Gasteiger partial charge on any atom is -0.504 e. The van der Waals surface area contributed by atoms with E-state index >= 15 is 0 Å². The molecule has 3 aromatic rings. The minimum absolute atomic E-state index is 0.0794. The second-order valence-electron chi connectivity index (χ2n) is 9.49. The average molecular weight is 523 g/mol. The van der Waals surface area contributed by atoms with Crippen LogP contribution in [0.1, 0.15) is 74.0 Å². The molecule has 0 amide bonds. The first-order chi connectivity index (χ1) is 18.4. The first kappa shape index (κ1) is 27.3. The fourth-order valence-corrected chi connectivity index (χ4v) is 5.09. The molecule has 1 heterocycles. The van der Waals surface area contributed by atoms with Gasteiger partial charge in [0.15, 0.2) is 34.5 Å². The Hall–Kier alpha value is -3.74. The average Bonchev–Trinajstić information content (AvgIpc) is 3.27. The van der Waals surface area contributed by atoms with Crippen molar-refractivity contribution in [1.29, 1.82) is 0 Å². The van der Waals surface area contributed by atoms with Crippen LogP contribution >= 0.6 is 0 Å². The molecule has 3 atom stereocenters. The first-order valence-corrected chi connectivity index (χ1v) is 13.1. The molecule has 0 spiro atoms. The second kappa shape index (κ2) is 11.8. The highest BCUT2D eigenvalue weighted by Crippen LogP contribution is 2.53. The predicted octanol–water partition coefficient (Wildman–Crippen LogP) is 7.15. The summed E-state index contributed by atoms with van der Waals surface area (Å²) >= 11 is 0. The SMILES string of the molecule is CCCc1cc(OC)c2c(c1)C(C)C(c1cc(OC)c(OC(CC)c3ccc(O)c(OC)c3)c(OC)c1)O2. The summed E-state index contributed by atoms with van der Waals surface area (Å²) < 4.78 is 35.5.